The fourth-order valence-corrected chi connectivity index (χ4v) is 1.63. The first kappa shape index (κ1) is 12.7. The predicted octanol–water partition coefficient (Wildman–Crippen LogP) is 1.40. The lowest BCUT2D eigenvalue weighted by atomic mass is 10.4. The van der Waals surface area contributed by atoms with E-state index in [1.807, 2.05) is 0 Å². The lowest BCUT2D eigenvalue weighted by Crippen LogP contribution is -2.15. The second-order valence-electron chi connectivity index (χ2n) is 3.30. The van der Waals surface area contributed by atoms with Crippen LogP contribution in [0.2, 0.25) is 10.4 Å². The van der Waals surface area contributed by atoms with Crippen molar-refractivity contribution in [3.8, 4) is 0 Å². The molecule has 94 valence electrons. The maximum atomic E-state index is 11.6. The summed E-state index contributed by atoms with van der Waals surface area (Å²) in [4.78, 5) is 22.9. The zero-order valence-electron chi connectivity index (χ0n) is 9.05. The zero-order valence-corrected chi connectivity index (χ0v) is 10.6. The third-order valence-corrected chi connectivity index (χ3v) is 2.33. The van der Waals surface area contributed by atoms with E-state index in [2.05, 4.69) is 25.4 Å². The maximum Gasteiger partial charge on any atom is 0.227 e. The molecule has 1 N–H and O–H groups in total. The monoisotopic (exact) mass is 286 g/mol. The van der Waals surface area contributed by atoms with Gasteiger partial charge in [0.2, 0.25) is 11.2 Å². The molecule has 7 nitrogen and oxygen atoms in total. The van der Waals surface area contributed by atoms with Crippen LogP contribution < -0.4 is 5.32 Å². The molecule has 9 heteroatoms. The summed E-state index contributed by atoms with van der Waals surface area (Å²) in [6, 6.07) is 1.42. The molecule has 0 saturated heterocycles. The molecule has 2 aromatic rings. The molecule has 0 unspecified atom stereocenters. The van der Waals surface area contributed by atoms with E-state index < -0.39 is 0 Å². The molecular weight excluding hydrogens is 279 g/mol. The van der Waals surface area contributed by atoms with Gasteiger partial charge in [-0.25, -0.2) is 15.0 Å². The number of rotatable bonds is 4. The third-order valence-electron chi connectivity index (χ3n) is 1.97. The predicted molar refractivity (Wildman–Crippen MR) is 65.3 cm³/mol. The Morgan fingerprint density at radius 1 is 1.39 bits per heavy atom. The van der Waals surface area contributed by atoms with Gasteiger partial charge in [-0.05, 0) is 11.6 Å². The summed E-state index contributed by atoms with van der Waals surface area (Å²) in [5.41, 5.74) is 0. The van der Waals surface area contributed by atoms with Gasteiger partial charge in [0.15, 0.2) is 0 Å². The number of aryl methyl sites for hydroxylation is 1. The minimum Gasteiger partial charge on any atom is -0.310 e. The van der Waals surface area contributed by atoms with Gasteiger partial charge in [0.25, 0.3) is 0 Å². The largest absolute Gasteiger partial charge is 0.310 e. The van der Waals surface area contributed by atoms with E-state index in [-0.39, 0.29) is 28.6 Å². The Hall–Kier alpha value is -1.73. The van der Waals surface area contributed by atoms with Gasteiger partial charge >= 0.3 is 0 Å². The summed E-state index contributed by atoms with van der Waals surface area (Å²) in [5, 5.41) is 6.60. The second-order valence-corrected chi connectivity index (χ2v) is 4.03. The highest BCUT2D eigenvalue weighted by atomic mass is 35.5. The quantitative estimate of drug-likeness (QED) is 0.678. The third kappa shape index (κ3) is 3.64. The molecule has 0 aliphatic heterocycles. The Bertz CT molecular complexity index is 524. The van der Waals surface area contributed by atoms with Gasteiger partial charge in [-0.2, -0.15) is 5.10 Å². The Balaban J connectivity index is 1.90. The molecule has 0 atom stereocenters. The number of nitrogens with zero attached hydrogens (tertiary/aromatic N) is 5. The van der Waals surface area contributed by atoms with E-state index in [4.69, 9.17) is 23.2 Å². The summed E-state index contributed by atoms with van der Waals surface area (Å²) in [6.07, 6.45) is 3.18. The number of carbonyl (C=O) groups excluding carboxylic acids is 1. The molecule has 0 spiro atoms. The molecule has 2 aromatic heterocycles. The standard InChI is InChI=1S/C9H8Cl2N6O/c10-6-3-7(16-9(11)14-6)15-8(18)1-2-17-5-12-4-13-17/h3-5H,1-2H2,(H,14,15,16,18). The molecule has 0 saturated carbocycles. The average molecular weight is 287 g/mol. The summed E-state index contributed by atoms with van der Waals surface area (Å²) >= 11 is 11.3. The molecule has 0 bridgehead atoms. The highest BCUT2D eigenvalue weighted by Crippen LogP contribution is 2.14. The number of halogens is 2. The van der Waals surface area contributed by atoms with Gasteiger partial charge in [0.05, 0.1) is 6.54 Å². The van der Waals surface area contributed by atoms with Crippen LogP contribution in [0.1, 0.15) is 6.42 Å². The molecular formula is C9H8Cl2N6O. The van der Waals surface area contributed by atoms with Gasteiger partial charge in [-0.15, -0.1) is 0 Å². The lowest BCUT2D eigenvalue weighted by molar-refractivity contribution is -0.116. The van der Waals surface area contributed by atoms with Gasteiger partial charge < -0.3 is 5.32 Å². The zero-order chi connectivity index (χ0) is 13.0. The van der Waals surface area contributed by atoms with E-state index in [9.17, 15) is 4.79 Å². The number of hydrogen-bond acceptors (Lipinski definition) is 5. The molecule has 0 fully saturated rings. The minimum atomic E-state index is -0.226. The van der Waals surface area contributed by atoms with Crippen molar-refractivity contribution in [3.05, 3.63) is 29.2 Å². The normalized spacial score (nSPS) is 10.3. The van der Waals surface area contributed by atoms with Crippen molar-refractivity contribution in [1.29, 1.82) is 0 Å². The van der Waals surface area contributed by atoms with Crippen molar-refractivity contribution in [1.82, 2.24) is 24.7 Å². The van der Waals surface area contributed by atoms with E-state index in [0.717, 1.165) is 0 Å². The number of nitrogens with one attached hydrogen (secondary N) is 1. The van der Waals surface area contributed by atoms with Crippen LogP contribution in [0.15, 0.2) is 18.7 Å². The van der Waals surface area contributed by atoms with Gasteiger partial charge in [0, 0.05) is 12.5 Å². The molecule has 1 amide bonds. The van der Waals surface area contributed by atoms with Crippen molar-refractivity contribution >= 4 is 34.9 Å². The van der Waals surface area contributed by atoms with Crippen LogP contribution in [-0.2, 0) is 11.3 Å². The molecule has 0 radical (unpaired) electrons. The van der Waals surface area contributed by atoms with Gasteiger partial charge in [-0.1, -0.05) is 11.6 Å². The Labute approximate surface area is 112 Å². The van der Waals surface area contributed by atoms with Crippen LogP contribution in [0, 0.1) is 0 Å². The highest BCUT2D eigenvalue weighted by Gasteiger charge is 2.06. The van der Waals surface area contributed by atoms with Crippen molar-refractivity contribution in [2.45, 2.75) is 13.0 Å². The summed E-state index contributed by atoms with van der Waals surface area (Å²) in [6.45, 7) is 0.429. The van der Waals surface area contributed by atoms with Crippen molar-refractivity contribution in [2.75, 3.05) is 5.32 Å². The fraction of sp³-hybridized carbons (Fsp3) is 0.222. The Morgan fingerprint density at radius 3 is 2.89 bits per heavy atom. The minimum absolute atomic E-state index is 0.0194. The molecule has 2 rings (SSSR count). The molecule has 0 aromatic carbocycles. The molecule has 2 heterocycles. The Morgan fingerprint density at radius 2 is 2.22 bits per heavy atom. The molecule has 18 heavy (non-hydrogen) atoms. The fourth-order valence-electron chi connectivity index (χ4n) is 1.22. The topological polar surface area (TPSA) is 85.6 Å². The average Bonchev–Trinajstić information content (AvgIpc) is 2.77. The van der Waals surface area contributed by atoms with Crippen molar-refractivity contribution in [2.24, 2.45) is 0 Å². The maximum absolute atomic E-state index is 11.6. The van der Waals surface area contributed by atoms with Crippen LogP contribution in [-0.4, -0.2) is 30.6 Å². The SMILES string of the molecule is O=C(CCn1cncn1)Nc1cc(Cl)nc(Cl)n1. The first-order valence-corrected chi connectivity index (χ1v) is 5.71. The molecule has 0 aliphatic rings. The first-order valence-electron chi connectivity index (χ1n) is 4.96. The van der Waals surface area contributed by atoms with Crippen molar-refractivity contribution < 1.29 is 4.79 Å². The Kier molecular flexibility index (Phi) is 4.06. The van der Waals surface area contributed by atoms with Crippen molar-refractivity contribution in [3.63, 3.8) is 0 Å². The van der Waals surface area contributed by atoms with E-state index >= 15 is 0 Å². The van der Waals surface area contributed by atoms with E-state index in [1.165, 1.54) is 18.7 Å². The number of amides is 1. The summed E-state index contributed by atoms with van der Waals surface area (Å²) < 4.78 is 1.56. The van der Waals surface area contributed by atoms with E-state index in [1.54, 1.807) is 4.68 Å². The highest BCUT2D eigenvalue weighted by molar-refractivity contribution is 6.32. The number of anilines is 1. The van der Waals surface area contributed by atoms with Gasteiger partial charge in [0.1, 0.15) is 23.6 Å². The molecule has 0 aliphatic carbocycles. The van der Waals surface area contributed by atoms with Gasteiger partial charge in [-0.3, -0.25) is 9.48 Å². The first-order chi connectivity index (χ1) is 8.63. The lowest BCUT2D eigenvalue weighted by Gasteiger charge is -2.04. The number of carbonyl (C=O) groups is 1. The van der Waals surface area contributed by atoms with Crippen LogP contribution in [0.3, 0.4) is 0 Å². The van der Waals surface area contributed by atoms with Crippen LogP contribution in [0.4, 0.5) is 5.82 Å². The van der Waals surface area contributed by atoms with Crippen LogP contribution >= 0.6 is 23.2 Å². The summed E-state index contributed by atoms with van der Waals surface area (Å²) in [5.74, 6) is 0.0416. The van der Waals surface area contributed by atoms with Crippen LogP contribution in [0.25, 0.3) is 0 Å². The summed E-state index contributed by atoms with van der Waals surface area (Å²) in [7, 11) is 0. The second kappa shape index (κ2) is 5.74. The number of hydrogen-bond donors (Lipinski definition) is 1. The number of aromatic nitrogens is 5. The van der Waals surface area contributed by atoms with E-state index in [0.29, 0.717) is 6.54 Å². The smallest absolute Gasteiger partial charge is 0.227 e. The van der Waals surface area contributed by atoms with Crippen LogP contribution in [0.5, 0.6) is 0 Å².